The molecule has 0 saturated carbocycles. The fourth-order valence-electron chi connectivity index (χ4n) is 3.80. The molecule has 0 bridgehead atoms. The van der Waals surface area contributed by atoms with Gasteiger partial charge in [-0.1, -0.05) is 36.4 Å². The maximum Gasteiger partial charge on any atom is 0.271 e. The highest BCUT2D eigenvalue weighted by molar-refractivity contribution is 8.19. The van der Waals surface area contributed by atoms with Crippen molar-refractivity contribution in [2.24, 2.45) is 17.2 Å². The smallest absolute Gasteiger partial charge is 0.271 e. The number of nitrogens with two attached hydrogens (primary N) is 1. The van der Waals surface area contributed by atoms with Crippen molar-refractivity contribution in [1.29, 1.82) is 0 Å². The number of carbonyl (C=O) groups is 1. The predicted octanol–water partition coefficient (Wildman–Crippen LogP) is 4.63. The summed E-state index contributed by atoms with van der Waals surface area (Å²) in [7, 11) is -1.82. The van der Waals surface area contributed by atoms with Crippen molar-refractivity contribution in [1.82, 2.24) is 4.57 Å². The topological polar surface area (TPSA) is 97.8 Å². The Kier molecular flexibility index (Phi) is 5.60. The molecular weight excluding hydrogens is 468 g/mol. The SMILES string of the molecule is Cn1cc(C=C2SC(=Nc3ccc(S(N)(=O)=O)cc3)N(c3ccccc3)C2=O)c2ccccc21. The van der Waals surface area contributed by atoms with Crippen LogP contribution in [0.2, 0.25) is 0 Å². The van der Waals surface area contributed by atoms with Gasteiger partial charge in [0, 0.05) is 29.7 Å². The molecule has 0 unspecified atom stereocenters. The summed E-state index contributed by atoms with van der Waals surface area (Å²) in [6.07, 6.45) is 3.89. The summed E-state index contributed by atoms with van der Waals surface area (Å²) in [6, 6.07) is 23.2. The second kappa shape index (κ2) is 8.60. The van der Waals surface area contributed by atoms with E-state index < -0.39 is 10.0 Å². The number of anilines is 1. The van der Waals surface area contributed by atoms with Crippen LogP contribution in [0.1, 0.15) is 5.56 Å². The number of aryl methyl sites for hydroxylation is 1. The van der Waals surface area contributed by atoms with Crippen molar-refractivity contribution < 1.29 is 13.2 Å². The number of aliphatic imine (C=N–C) groups is 1. The monoisotopic (exact) mass is 488 g/mol. The first-order chi connectivity index (χ1) is 16.3. The zero-order valence-electron chi connectivity index (χ0n) is 18.1. The van der Waals surface area contributed by atoms with Crippen LogP contribution in [0.3, 0.4) is 0 Å². The zero-order valence-corrected chi connectivity index (χ0v) is 19.8. The fourth-order valence-corrected chi connectivity index (χ4v) is 5.31. The van der Waals surface area contributed by atoms with E-state index in [9.17, 15) is 13.2 Å². The summed E-state index contributed by atoms with van der Waals surface area (Å²) in [5, 5.41) is 6.72. The van der Waals surface area contributed by atoms with E-state index in [0.29, 0.717) is 21.4 Å². The number of amides is 1. The van der Waals surface area contributed by atoms with Crippen LogP contribution in [0.25, 0.3) is 17.0 Å². The highest BCUT2D eigenvalue weighted by Crippen LogP contribution is 2.38. The van der Waals surface area contributed by atoms with E-state index in [0.717, 1.165) is 16.5 Å². The molecule has 7 nitrogen and oxygen atoms in total. The third kappa shape index (κ3) is 4.16. The number of fused-ring (bicyclic) bond motifs is 1. The van der Waals surface area contributed by atoms with E-state index in [1.54, 1.807) is 17.0 Å². The third-order valence-electron chi connectivity index (χ3n) is 5.43. The minimum atomic E-state index is -3.80. The zero-order chi connectivity index (χ0) is 23.9. The van der Waals surface area contributed by atoms with E-state index in [4.69, 9.17) is 5.14 Å². The van der Waals surface area contributed by atoms with Gasteiger partial charge in [-0.05, 0) is 60.3 Å². The van der Waals surface area contributed by atoms with Gasteiger partial charge in [-0.3, -0.25) is 9.69 Å². The fraction of sp³-hybridized carbons (Fsp3) is 0.0400. The lowest BCUT2D eigenvalue weighted by Crippen LogP contribution is -2.28. The summed E-state index contributed by atoms with van der Waals surface area (Å²) >= 11 is 1.27. The molecule has 1 saturated heterocycles. The first-order valence-corrected chi connectivity index (χ1v) is 12.7. The van der Waals surface area contributed by atoms with E-state index in [1.165, 1.54) is 23.9 Å². The first-order valence-electron chi connectivity index (χ1n) is 10.4. The van der Waals surface area contributed by atoms with Gasteiger partial charge in [0.2, 0.25) is 10.0 Å². The molecule has 1 aliphatic rings. The average Bonchev–Trinajstić information content (AvgIpc) is 3.30. The number of primary sulfonamides is 1. The van der Waals surface area contributed by atoms with Crippen LogP contribution in [0.15, 0.2) is 99.9 Å². The van der Waals surface area contributed by atoms with Crippen molar-refractivity contribution in [2.75, 3.05) is 4.90 Å². The maximum atomic E-state index is 13.5. The van der Waals surface area contributed by atoms with Gasteiger partial charge in [0.15, 0.2) is 5.17 Å². The quantitative estimate of drug-likeness (QED) is 0.423. The molecule has 1 amide bonds. The van der Waals surface area contributed by atoms with E-state index in [1.807, 2.05) is 78.5 Å². The number of hydrogen-bond acceptors (Lipinski definition) is 5. The molecule has 1 aliphatic heterocycles. The van der Waals surface area contributed by atoms with Gasteiger partial charge in [0.1, 0.15) is 0 Å². The number of aromatic nitrogens is 1. The first kappa shape index (κ1) is 22.1. The van der Waals surface area contributed by atoms with Gasteiger partial charge in [-0.25, -0.2) is 18.5 Å². The van der Waals surface area contributed by atoms with Crippen LogP contribution in [0.4, 0.5) is 11.4 Å². The Labute approximate surface area is 201 Å². The molecule has 1 aromatic heterocycles. The summed E-state index contributed by atoms with van der Waals surface area (Å²) in [6.45, 7) is 0. The van der Waals surface area contributed by atoms with E-state index in [-0.39, 0.29) is 10.8 Å². The number of para-hydroxylation sites is 2. The second-order valence-electron chi connectivity index (χ2n) is 7.73. The Bertz CT molecular complexity index is 1570. The number of hydrogen-bond donors (Lipinski definition) is 1. The van der Waals surface area contributed by atoms with Crippen LogP contribution in [-0.2, 0) is 21.9 Å². The van der Waals surface area contributed by atoms with Gasteiger partial charge < -0.3 is 4.57 Å². The molecule has 9 heteroatoms. The number of nitrogens with zero attached hydrogens (tertiary/aromatic N) is 3. The lowest BCUT2D eigenvalue weighted by molar-refractivity contribution is -0.113. The summed E-state index contributed by atoms with van der Waals surface area (Å²) in [5.74, 6) is -0.177. The predicted molar refractivity (Wildman–Crippen MR) is 137 cm³/mol. The summed E-state index contributed by atoms with van der Waals surface area (Å²) in [5.41, 5.74) is 3.23. The van der Waals surface area contributed by atoms with E-state index in [2.05, 4.69) is 4.99 Å². The molecule has 2 heterocycles. The van der Waals surface area contributed by atoms with Gasteiger partial charge in [-0.2, -0.15) is 0 Å². The van der Waals surface area contributed by atoms with Gasteiger partial charge >= 0.3 is 0 Å². The highest BCUT2D eigenvalue weighted by Gasteiger charge is 2.35. The number of sulfonamides is 1. The number of carbonyl (C=O) groups excluding carboxylic acids is 1. The molecule has 0 aliphatic carbocycles. The molecule has 0 radical (unpaired) electrons. The van der Waals surface area contributed by atoms with Gasteiger partial charge in [0.05, 0.1) is 21.2 Å². The molecule has 0 atom stereocenters. The Hall–Kier alpha value is -3.66. The van der Waals surface area contributed by atoms with Crippen LogP contribution in [0.5, 0.6) is 0 Å². The molecule has 2 N–H and O–H groups in total. The second-order valence-corrected chi connectivity index (χ2v) is 10.3. The number of benzene rings is 3. The van der Waals surface area contributed by atoms with Gasteiger partial charge in [-0.15, -0.1) is 0 Å². The molecule has 170 valence electrons. The summed E-state index contributed by atoms with van der Waals surface area (Å²) < 4.78 is 25.1. The van der Waals surface area contributed by atoms with Crippen molar-refractivity contribution in [3.05, 3.63) is 95.5 Å². The largest absolute Gasteiger partial charge is 0.350 e. The minimum Gasteiger partial charge on any atom is -0.350 e. The number of amidine groups is 1. The lowest BCUT2D eigenvalue weighted by Gasteiger charge is -2.15. The molecular formula is C25H20N4O3S2. The van der Waals surface area contributed by atoms with Crippen LogP contribution >= 0.6 is 11.8 Å². The lowest BCUT2D eigenvalue weighted by atomic mass is 10.1. The van der Waals surface area contributed by atoms with E-state index >= 15 is 0 Å². The Balaban J connectivity index is 1.58. The molecule has 1 fully saturated rings. The molecule has 0 spiro atoms. The molecule has 34 heavy (non-hydrogen) atoms. The Morgan fingerprint density at radius 3 is 2.32 bits per heavy atom. The van der Waals surface area contributed by atoms with Crippen molar-refractivity contribution >= 4 is 61.2 Å². The Morgan fingerprint density at radius 1 is 0.941 bits per heavy atom. The Morgan fingerprint density at radius 2 is 1.62 bits per heavy atom. The summed E-state index contributed by atoms with van der Waals surface area (Å²) in [4.78, 5) is 20.3. The van der Waals surface area contributed by atoms with Crippen molar-refractivity contribution in [3.8, 4) is 0 Å². The van der Waals surface area contributed by atoms with Crippen LogP contribution in [0, 0.1) is 0 Å². The highest BCUT2D eigenvalue weighted by atomic mass is 32.2. The average molecular weight is 489 g/mol. The standard InChI is InChI=1S/C25H20N4O3S2/c1-28-16-17(21-9-5-6-10-22(21)28)15-23-24(30)29(19-7-3-2-4-8-19)25(33-23)27-18-11-13-20(14-12-18)34(26,31)32/h2-16H,1H3,(H2,26,31,32). The van der Waals surface area contributed by atoms with Gasteiger partial charge in [0.25, 0.3) is 5.91 Å². The van der Waals surface area contributed by atoms with Crippen LogP contribution in [-0.4, -0.2) is 24.1 Å². The maximum absolute atomic E-state index is 13.5. The molecule has 5 rings (SSSR count). The minimum absolute atomic E-state index is 0.00283. The third-order valence-corrected chi connectivity index (χ3v) is 7.32. The molecule has 3 aromatic carbocycles. The number of rotatable bonds is 4. The van der Waals surface area contributed by atoms with Crippen molar-refractivity contribution in [3.63, 3.8) is 0 Å². The van der Waals surface area contributed by atoms with Crippen molar-refractivity contribution in [2.45, 2.75) is 4.90 Å². The van der Waals surface area contributed by atoms with Crippen LogP contribution < -0.4 is 10.0 Å². The normalized spacial score (nSPS) is 16.8. The molecule has 4 aromatic rings. The number of thioether (sulfide) groups is 1.